The summed E-state index contributed by atoms with van der Waals surface area (Å²) < 4.78 is 4.83. The number of ether oxygens (including phenoxy) is 1. The third-order valence-electron chi connectivity index (χ3n) is 17.3. The van der Waals surface area contributed by atoms with Gasteiger partial charge in [-0.2, -0.15) is 11.8 Å². The molecule has 1 aliphatic heterocycles. The Bertz CT molecular complexity index is 2610. The zero-order valence-electron chi connectivity index (χ0n) is 61.2. The minimum atomic E-state index is -1.70. The third-order valence-corrected chi connectivity index (χ3v) is 18.4. The van der Waals surface area contributed by atoms with Crippen molar-refractivity contribution in [1.29, 1.82) is 0 Å². The van der Waals surface area contributed by atoms with Crippen LogP contribution < -0.4 is 21.3 Å². The Balaban J connectivity index is 4.58. The summed E-state index contributed by atoms with van der Waals surface area (Å²) in [5.41, 5.74) is -1.63. The Hall–Kier alpha value is -6.35. The van der Waals surface area contributed by atoms with Crippen LogP contribution in [-0.4, -0.2) is 262 Å². The van der Waals surface area contributed by atoms with Gasteiger partial charge < -0.3 is 70.5 Å². The molecule has 27 heteroatoms. The number of esters is 1. The van der Waals surface area contributed by atoms with Crippen LogP contribution in [0.4, 0.5) is 0 Å². The molecule has 1 heterocycles. The Kier molecular flexibility index (Phi) is 35.5. The summed E-state index contributed by atoms with van der Waals surface area (Å²) in [6.07, 6.45) is 2.03. The Morgan fingerprint density at radius 2 is 0.979 bits per heavy atom. The van der Waals surface area contributed by atoms with E-state index in [0.29, 0.717) is 0 Å². The van der Waals surface area contributed by atoms with Crippen LogP contribution in [0, 0.1) is 35.5 Å². The van der Waals surface area contributed by atoms with Gasteiger partial charge >= 0.3 is 5.97 Å². The number of thioether (sulfide) groups is 1. The topological polar surface area (TPSA) is 325 Å². The van der Waals surface area contributed by atoms with Gasteiger partial charge in [0.2, 0.25) is 65.0 Å². The number of nitrogens with zero attached hydrogens (tertiary/aromatic N) is 7. The second-order valence-corrected chi connectivity index (χ2v) is 29.2. The summed E-state index contributed by atoms with van der Waals surface area (Å²) in [7, 11) is 10.8. The van der Waals surface area contributed by atoms with Gasteiger partial charge in [0.05, 0.1) is 25.2 Å². The summed E-state index contributed by atoms with van der Waals surface area (Å²) >= 11 is 1.12. The van der Waals surface area contributed by atoms with Gasteiger partial charge in [0, 0.05) is 67.3 Å². The van der Waals surface area contributed by atoms with Crippen LogP contribution >= 0.6 is 11.8 Å². The van der Waals surface area contributed by atoms with Crippen molar-refractivity contribution in [2.24, 2.45) is 35.5 Å². The maximum absolute atomic E-state index is 15.3. The standard InChI is InChI=1S/C67H119N11O15S/c1-26-28-29-42(13)55(80)54-59(84)70-45(27-2)61(86)76(22)50(36-94-31-30-51(79)93-25)64(89)75(21)49(35-67(16,17)92)58(83)71-52(40(9)10)65(90)72(18)46(32-37(3)4)57(82)68-43(14)56(81)69-44(15)60(85)73(19)47(33-38(5)6)62(87)74(20)48(34-39(7)8)63(88)77(23)53(41(11)12)66(91)78(54)24/h26,28,37-50,52-55,80,92H,27,29-36H2,1-25H3,(H,68,82)(H,69,81)(H,70,84)(H,71,83)/b28-26+/t42-,43+,44-,45+,46+,47+,48+,49+,50-,52+,53+,54+,55-/m1/s1. The van der Waals surface area contributed by atoms with Crippen molar-refractivity contribution in [2.75, 3.05) is 67.9 Å². The lowest BCUT2D eigenvalue weighted by Gasteiger charge is -2.41. The molecule has 0 radical (unpaired) electrons. The first-order valence-electron chi connectivity index (χ1n) is 33.1. The van der Waals surface area contributed by atoms with Gasteiger partial charge in [-0.1, -0.05) is 95.2 Å². The number of nitrogens with one attached hydrogen (secondary N) is 4. The highest BCUT2D eigenvalue weighted by Gasteiger charge is 2.47. The molecule has 1 fully saturated rings. The van der Waals surface area contributed by atoms with E-state index in [0.717, 1.165) is 26.5 Å². The zero-order chi connectivity index (χ0) is 72.9. The van der Waals surface area contributed by atoms with Crippen molar-refractivity contribution in [3.8, 4) is 0 Å². The van der Waals surface area contributed by atoms with Crippen molar-refractivity contribution in [3.05, 3.63) is 12.2 Å². The first-order chi connectivity index (χ1) is 43.4. The van der Waals surface area contributed by atoms with E-state index in [-0.39, 0.29) is 67.8 Å². The average molecular weight is 1350 g/mol. The Morgan fingerprint density at radius 3 is 1.45 bits per heavy atom. The van der Waals surface area contributed by atoms with Crippen LogP contribution in [0.5, 0.6) is 0 Å². The highest BCUT2D eigenvalue weighted by Crippen LogP contribution is 2.27. The second kappa shape index (κ2) is 39.0. The third kappa shape index (κ3) is 24.7. The van der Waals surface area contributed by atoms with E-state index in [1.54, 1.807) is 60.6 Å². The number of hydrogen-bond donors (Lipinski definition) is 6. The number of hydrogen-bond acceptors (Lipinski definition) is 16. The molecule has 0 spiro atoms. The molecule has 94 heavy (non-hydrogen) atoms. The highest BCUT2D eigenvalue weighted by molar-refractivity contribution is 7.99. The molecular weight excluding hydrogens is 1230 g/mol. The fraction of sp³-hybridized carbons (Fsp3) is 0.791. The number of likely N-dealkylation sites (N-methyl/N-ethyl adjacent to an activating group) is 7. The van der Waals surface area contributed by atoms with Crippen molar-refractivity contribution in [3.63, 3.8) is 0 Å². The Morgan fingerprint density at radius 1 is 0.543 bits per heavy atom. The quantitative estimate of drug-likeness (QED) is 0.0580. The normalized spacial score (nSPS) is 26.3. The van der Waals surface area contributed by atoms with E-state index >= 15 is 28.8 Å². The van der Waals surface area contributed by atoms with Gasteiger partial charge in [-0.3, -0.25) is 57.5 Å². The SMILES string of the molecule is C/C=C/C[C@@H](C)[C@@H](O)[C@H]1C(=O)N[C@@H](CC)C(=O)N(C)[C@H](CSCCC(=O)OC)C(=O)N(C)[C@@H](CC(C)(C)O)C(=O)N[C@@H](C(C)C)C(=O)N(C)[C@@H](CC(C)C)C(=O)N[C@@H](C)C(=O)N[C@H](C)C(=O)N(C)[C@@H](CC(C)C)C(=O)N(C)[C@@H](CC(C)C)C(=O)N(C)[C@@H](C(C)C)C(=O)N1C. The number of rotatable bonds is 20. The molecule has 0 aliphatic carbocycles. The maximum Gasteiger partial charge on any atom is 0.306 e. The summed E-state index contributed by atoms with van der Waals surface area (Å²) in [5, 5.41) is 34.5. The van der Waals surface area contributed by atoms with Crippen molar-refractivity contribution in [2.45, 2.75) is 241 Å². The van der Waals surface area contributed by atoms with Crippen LogP contribution in [0.2, 0.25) is 0 Å². The number of carbonyl (C=O) groups is 12. The molecule has 0 aromatic heterocycles. The molecule has 6 N–H and O–H groups in total. The molecule has 1 rings (SSSR count). The van der Waals surface area contributed by atoms with E-state index in [9.17, 15) is 39.0 Å². The second-order valence-electron chi connectivity index (χ2n) is 28.1. The molecular formula is C67H119N11O15S. The monoisotopic (exact) mass is 1350 g/mol. The number of methoxy groups -OCH3 is 1. The minimum absolute atomic E-state index is 0.0720. The lowest BCUT2D eigenvalue weighted by molar-refractivity contribution is -0.157. The number of aliphatic hydroxyl groups is 2. The summed E-state index contributed by atoms with van der Waals surface area (Å²) in [5.74, 6) is -11.4. The zero-order valence-corrected chi connectivity index (χ0v) is 62.0. The molecule has 538 valence electrons. The smallest absolute Gasteiger partial charge is 0.306 e. The van der Waals surface area contributed by atoms with Gasteiger partial charge in [-0.25, -0.2) is 0 Å². The predicted octanol–water partition coefficient (Wildman–Crippen LogP) is 3.05. The van der Waals surface area contributed by atoms with Crippen LogP contribution in [0.25, 0.3) is 0 Å². The highest BCUT2D eigenvalue weighted by atomic mass is 32.2. The van der Waals surface area contributed by atoms with Gasteiger partial charge in [0.1, 0.15) is 66.5 Å². The molecule has 0 saturated carbocycles. The van der Waals surface area contributed by atoms with E-state index in [1.165, 1.54) is 104 Å². The van der Waals surface area contributed by atoms with Crippen molar-refractivity contribution < 1.29 is 72.5 Å². The number of amides is 11. The lowest BCUT2D eigenvalue weighted by atomic mass is 9.91. The van der Waals surface area contributed by atoms with Crippen LogP contribution in [0.3, 0.4) is 0 Å². The molecule has 0 aromatic carbocycles. The van der Waals surface area contributed by atoms with Crippen LogP contribution in [0.15, 0.2) is 12.2 Å². The molecule has 1 saturated heterocycles. The molecule has 11 amide bonds. The minimum Gasteiger partial charge on any atom is -0.469 e. The van der Waals surface area contributed by atoms with Crippen LogP contribution in [0.1, 0.15) is 163 Å². The largest absolute Gasteiger partial charge is 0.469 e. The van der Waals surface area contributed by atoms with Gasteiger partial charge in [0.25, 0.3) is 0 Å². The molecule has 0 unspecified atom stereocenters. The fourth-order valence-electron chi connectivity index (χ4n) is 11.4. The molecule has 0 aromatic rings. The molecule has 1 aliphatic rings. The molecule has 0 bridgehead atoms. The summed E-state index contributed by atoms with van der Waals surface area (Å²) in [6, 6.07) is -14.8. The fourth-order valence-corrected chi connectivity index (χ4v) is 12.5. The van der Waals surface area contributed by atoms with E-state index in [4.69, 9.17) is 4.74 Å². The summed E-state index contributed by atoms with van der Waals surface area (Å²) in [6.45, 7) is 28.6. The predicted molar refractivity (Wildman–Crippen MR) is 363 cm³/mol. The molecule has 13 atom stereocenters. The maximum atomic E-state index is 15.3. The first-order valence-corrected chi connectivity index (χ1v) is 34.3. The van der Waals surface area contributed by atoms with E-state index in [1.807, 2.05) is 41.5 Å². The van der Waals surface area contributed by atoms with Crippen LogP contribution in [-0.2, 0) is 62.3 Å². The lowest BCUT2D eigenvalue weighted by Crippen LogP contribution is -2.64. The average Bonchev–Trinajstić information content (AvgIpc) is 0.830. The van der Waals surface area contributed by atoms with Crippen molar-refractivity contribution >= 4 is 82.7 Å². The van der Waals surface area contributed by atoms with Crippen molar-refractivity contribution in [1.82, 2.24) is 55.6 Å². The summed E-state index contributed by atoms with van der Waals surface area (Å²) in [4.78, 5) is 184. The number of aliphatic hydroxyl groups excluding tert-OH is 1. The number of carbonyl (C=O) groups excluding carboxylic acids is 12. The number of allylic oxidation sites excluding steroid dienone is 2. The van der Waals surface area contributed by atoms with Gasteiger partial charge in [-0.15, -0.1) is 0 Å². The molecule has 26 nitrogen and oxygen atoms in total. The Labute approximate surface area is 564 Å². The van der Waals surface area contributed by atoms with Gasteiger partial charge in [0.15, 0.2) is 0 Å². The van der Waals surface area contributed by atoms with E-state index < -0.39 is 173 Å². The first kappa shape index (κ1) is 85.7. The van der Waals surface area contributed by atoms with E-state index in [2.05, 4.69) is 21.3 Å². The van der Waals surface area contributed by atoms with Gasteiger partial charge in [-0.05, 0) is 102 Å².